The van der Waals surface area contributed by atoms with Crippen molar-refractivity contribution in [3.63, 3.8) is 0 Å². The Balaban J connectivity index is 2.04. The van der Waals surface area contributed by atoms with Gasteiger partial charge in [0.15, 0.2) is 5.13 Å². The summed E-state index contributed by atoms with van der Waals surface area (Å²) in [6, 6.07) is 3.33. The van der Waals surface area contributed by atoms with Crippen molar-refractivity contribution in [2.75, 3.05) is 11.9 Å². The Kier molecular flexibility index (Phi) is 6.65. The molecule has 0 bridgehead atoms. The van der Waals surface area contributed by atoms with Crippen LogP contribution in [0.25, 0.3) is 0 Å². The predicted octanol–water partition coefficient (Wildman–Crippen LogP) is 2.90. The third kappa shape index (κ3) is 5.36. The molecule has 0 aromatic carbocycles. The first-order valence-corrected chi connectivity index (χ1v) is 9.35. The molecule has 9 heteroatoms. The Morgan fingerprint density at radius 3 is 2.72 bits per heavy atom. The monoisotopic (exact) mass is 381 g/mol. The van der Waals surface area contributed by atoms with Crippen molar-refractivity contribution in [2.24, 2.45) is 0 Å². The Morgan fingerprint density at radius 2 is 2.12 bits per heavy atom. The van der Waals surface area contributed by atoms with Crippen LogP contribution in [0.5, 0.6) is 0 Å². The lowest BCUT2D eigenvalue weighted by atomic mass is 10.1. The molecule has 0 spiro atoms. The predicted molar refractivity (Wildman–Crippen MR) is 96.9 cm³/mol. The van der Waals surface area contributed by atoms with Crippen LogP contribution in [-0.4, -0.2) is 29.4 Å². The second-order valence-corrected chi connectivity index (χ2v) is 7.15. The number of nitrogens with zero attached hydrogens (tertiary/aromatic N) is 1. The molecule has 0 aliphatic heterocycles. The molecule has 2 amide bonds. The molecule has 1 unspecified atom stereocenters. The van der Waals surface area contributed by atoms with Gasteiger partial charge >= 0.3 is 5.97 Å². The summed E-state index contributed by atoms with van der Waals surface area (Å²) in [7, 11) is 0. The second-order valence-electron chi connectivity index (χ2n) is 5.17. The Bertz CT molecular complexity index is 756. The van der Waals surface area contributed by atoms with Gasteiger partial charge in [0.05, 0.1) is 24.8 Å². The number of aryl methyl sites for hydroxylation is 1. The zero-order valence-corrected chi connectivity index (χ0v) is 15.8. The normalized spacial score (nSPS) is 11.6. The summed E-state index contributed by atoms with van der Waals surface area (Å²) >= 11 is 2.54. The van der Waals surface area contributed by atoms with Gasteiger partial charge in [-0.1, -0.05) is 17.4 Å². The van der Waals surface area contributed by atoms with Crippen molar-refractivity contribution in [1.29, 1.82) is 0 Å². The summed E-state index contributed by atoms with van der Waals surface area (Å²) < 4.78 is 4.96. The van der Waals surface area contributed by atoms with Crippen LogP contribution < -0.4 is 10.6 Å². The molecule has 0 radical (unpaired) electrons. The van der Waals surface area contributed by atoms with Crippen LogP contribution in [0.4, 0.5) is 5.13 Å². The fourth-order valence-corrected chi connectivity index (χ4v) is 3.80. The van der Waals surface area contributed by atoms with Crippen molar-refractivity contribution in [1.82, 2.24) is 10.3 Å². The lowest BCUT2D eigenvalue weighted by molar-refractivity contribution is -0.120. The molecule has 2 rings (SSSR count). The van der Waals surface area contributed by atoms with Crippen LogP contribution in [0.2, 0.25) is 0 Å². The maximum Gasteiger partial charge on any atom is 0.350 e. The van der Waals surface area contributed by atoms with E-state index in [4.69, 9.17) is 4.74 Å². The molecule has 2 heterocycles. The SMILES string of the molecule is CCOC(=O)c1sc(NC(=O)CC(NC(C)=O)c2cccs2)nc1C. The van der Waals surface area contributed by atoms with Crippen LogP contribution in [0, 0.1) is 6.92 Å². The highest BCUT2D eigenvalue weighted by Crippen LogP contribution is 2.26. The topological polar surface area (TPSA) is 97.4 Å². The van der Waals surface area contributed by atoms with Crippen LogP contribution in [0.15, 0.2) is 17.5 Å². The smallest absolute Gasteiger partial charge is 0.350 e. The summed E-state index contributed by atoms with van der Waals surface area (Å²) in [5.74, 6) is -0.954. The Labute approximate surface area is 153 Å². The summed E-state index contributed by atoms with van der Waals surface area (Å²) in [5, 5.41) is 7.67. The van der Waals surface area contributed by atoms with Crippen LogP contribution in [-0.2, 0) is 14.3 Å². The van der Waals surface area contributed by atoms with Crippen molar-refractivity contribution < 1.29 is 19.1 Å². The van der Waals surface area contributed by atoms with E-state index in [1.807, 2.05) is 17.5 Å². The van der Waals surface area contributed by atoms with Gasteiger partial charge < -0.3 is 15.4 Å². The molecular formula is C16H19N3O4S2. The first-order valence-electron chi connectivity index (χ1n) is 7.65. The maximum absolute atomic E-state index is 12.3. The number of carbonyl (C=O) groups is 3. The molecule has 7 nitrogen and oxygen atoms in total. The van der Waals surface area contributed by atoms with Crippen LogP contribution in [0.3, 0.4) is 0 Å². The first kappa shape index (κ1) is 19.1. The third-order valence-electron chi connectivity index (χ3n) is 3.16. The quantitative estimate of drug-likeness (QED) is 0.719. The van der Waals surface area contributed by atoms with Crippen molar-refractivity contribution in [3.05, 3.63) is 33.0 Å². The number of thiophene rings is 1. The maximum atomic E-state index is 12.3. The van der Waals surface area contributed by atoms with E-state index in [0.29, 0.717) is 15.7 Å². The van der Waals surface area contributed by atoms with Gasteiger partial charge in [0.25, 0.3) is 0 Å². The molecule has 134 valence electrons. The number of anilines is 1. The molecule has 1 atom stereocenters. The van der Waals surface area contributed by atoms with Crippen molar-refractivity contribution in [2.45, 2.75) is 33.2 Å². The van der Waals surface area contributed by atoms with E-state index in [0.717, 1.165) is 16.2 Å². The lowest BCUT2D eigenvalue weighted by Gasteiger charge is -2.15. The molecule has 0 aliphatic rings. The number of aromatic nitrogens is 1. The van der Waals surface area contributed by atoms with E-state index >= 15 is 0 Å². The minimum absolute atomic E-state index is 0.0768. The standard InChI is InChI=1S/C16H19N3O4S2/c1-4-23-15(22)14-9(2)17-16(25-14)19-13(21)8-11(18-10(3)20)12-6-5-7-24-12/h5-7,11H,4,8H2,1-3H3,(H,18,20)(H,17,19,21). The van der Waals surface area contributed by atoms with Gasteiger partial charge in [0.2, 0.25) is 11.8 Å². The van der Waals surface area contributed by atoms with Gasteiger partial charge in [-0.05, 0) is 25.3 Å². The number of carbonyl (C=O) groups excluding carboxylic acids is 3. The van der Waals surface area contributed by atoms with E-state index in [-0.39, 0.29) is 24.8 Å². The van der Waals surface area contributed by atoms with Crippen LogP contribution in [0.1, 0.15) is 46.6 Å². The van der Waals surface area contributed by atoms with Gasteiger partial charge in [0.1, 0.15) is 4.88 Å². The fourth-order valence-electron chi connectivity index (χ4n) is 2.15. The third-order valence-corrected chi connectivity index (χ3v) is 5.20. The first-order chi connectivity index (χ1) is 11.9. The Hall–Kier alpha value is -2.26. The molecule has 0 fully saturated rings. The highest BCUT2D eigenvalue weighted by molar-refractivity contribution is 7.17. The summed E-state index contributed by atoms with van der Waals surface area (Å²) in [5.41, 5.74) is 0.510. The fraction of sp³-hybridized carbons (Fsp3) is 0.375. The molecule has 0 saturated heterocycles. The molecule has 0 saturated carbocycles. The van der Waals surface area contributed by atoms with Crippen LogP contribution >= 0.6 is 22.7 Å². The number of esters is 1. The molecule has 2 aromatic heterocycles. The largest absolute Gasteiger partial charge is 0.462 e. The van der Waals surface area contributed by atoms with E-state index in [9.17, 15) is 14.4 Å². The number of rotatable bonds is 7. The van der Waals surface area contributed by atoms with Gasteiger partial charge in [0, 0.05) is 11.8 Å². The van der Waals surface area contributed by atoms with Gasteiger partial charge in [-0.2, -0.15) is 0 Å². The Morgan fingerprint density at radius 1 is 1.36 bits per heavy atom. The molecule has 0 aliphatic carbocycles. The molecule has 2 aromatic rings. The average molecular weight is 381 g/mol. The van der Waals surface area contributed by atoms with E-state index in [1.54, 1.807) is 13.8 Å². The number of hydrogen-bond donors (Lipinski definition) is 2. The summed E-state index contributed by atoms with van der Waals surface area (Å²) in [6.07, 6.45) is 0.0768. The highest BCUT2D eigenvalue weighted by Gasteiger charge is 2.21. The number of thiazole rings is 1. The van der Waals surface area contributed by atoms with Gasteiger partial charge in [-0.3, -0.25) is 9.59 Å². The summed E-state index contributed by atoms with van der Waals surface area (Å²) in [6.45, 7) is 5.10. The van der Waals surface area contributed by atoms with E-state index < -0.39 is 12.0 Å². The van der Waals surface area contributed by atoms with Gasteiger partial charge in [-0.25, -0.2) is 9.78 Å². The van der Waals surface area contributed by atoms with Crippen molar-refractivity contribution in [3.8, 4) is 0 Å². The van der Waals surface area contributed by atoms with Gasteiger partial charge in [-0.15, -0.1) is 11.3 Å². The second kappa shape index (κ2) is 8.72. The zero-order chi connectivity index (χ0) is 18.4. The minimum Gasteiger partial charge on any atom is -0.462 e. The molecule has 2 N–H and O–H groups in total. The zero-order valence-electron chi connectivity index (χ0n) is 14.1. The minimum atomic E-state index is -0.451. The highest BCUT2D eigenvalue weighted by atomic mass is 32.1. The average Bonchev–Trinajstić information content (AvgIpc) is 3.16. The van der Waals surface area contributed by atoms with Crippen molar-refractivity contribution >= 4 is 45.6 Å². The molecule has 25 heavy (non-hydrogen) atoms. The number of nitrogens with one attached hydrogen (secondary N) is 2. The summed E-state index contributed by atoms with van der Waals surface area (Å²) in [4.78, 5) is 40.9. The van der Waals surface area contributed by atoms with E-state index in [1.165, 1.54) is 18.3 Å². The number of hydrogen-bond acceptors (Lipinski definition) is 7. The number of ether oxygens (including phenoxy) is 1. The van der Waals surface area contributed by atoms with E-state index in [2.05, 4.69) is 15.6 Å². The molecular weight excluding hydrogens is 362 g/mol. The lowest BCUT2D eigenvalue weighted by Crippen LogP contribution is -2.29. The number of amides is 2.